The lowest BCUT2D eigenvalue weighted by molar-refractivity contribution is 0.922. The first kappa shape index (κ1) is 10.6. The molecule has 0 amide bonds. The Kier molecular flexibility index (Phi) is 4.57. The summed E-state index contributed by atoms with van der Waals surface area (Å²) in [4.78, 5) is 0. The van der Waals surface area contributed by atoms with E-state index in [1.165, 1.54) is 12.0 Å². The number of rotatable bonds is 5. The van der Waals surface area contributed by atoms with Crippen LogP contribution in [0.2, 0.25) is 0 Å². The molecule has 74 valence electrons. The SMILES string of the molecule is CCCc1ccc(NCCC#N)cc1. The number of nitrogens with one attached hydrogen (secondary N) is 1. The number of aryl methyl sites for hydroxylation is 1. The summed E-state index contributed by atoms with van der Waals surface area (Å²) in [6, 6.07) is 10.5. The molecule has 0 aliphatic carbocycles. The Bertz CT molecular complexity index is 295. The summed E-state index contributed by atoms with van der Waals surface area (Å²) in [6.45, 7) is 2.91. The van der Waals surface area contributed by atoms with Gasteiger partial charge in [-0.25, -0.2) is 0 Å². The highest BCUT2D eigenvalue weighted by Gasteiger charge is 1.92. The highest BCUT2D eigenvalue weighted by atomic mass is 14.9. The molecule has 2 nitrogen and oxygen atoms in total. The molecule has 0 aliphatic heterocycles. The van der Waals surface area contributed by atoms with Gasteiger partial charge >= 0.3 is 0 Å². The quantitative estimate of drug-likeness (QED) is 0.721. The minimum absolute atomic E-state index is 0.552. The lowest BCUT2D eigenvalue weighted by Crippen LogP contribution is -1.99. The highest BCUT2D eigenvalue weighted by molar-refractivity contribution is 5.44. The van der Waals surface area contributed by atoms with Crippen molar-refractivity contribution in [2.24, 2.45) is 0 Å². The van der Waals surface area contributed by atoms with Crippen LogP contribution >= 0.6 is 0 Å². The Morgan fingerprint density at radius 3 is 2.57 bits per heavy atom. The van der Waals surface area contributed by atoms with Gasteiger partial charge in [0.25, 0.3) is 0 Å². The molecule has 1 rings (SSSR count). The van der Waals surface area contributed by atoms with Gasteiger partial charge in [0, 0.05) is 12.2 Å². The Hall–Kier alpha value is -1.49. The van der Waals surface area contributed by atoms with Gasteiger partial charge in [0.2, 0.25) is 0 Å². The molecule has 0 saturated carbocycles. The molecule has 0 atom stereocenters. The molecule has 14 heavy (non-hydrogen) atoms. The molecule has 1 aromatic rings. The number of nitrogens with zero attached hydrogens (tertiary/aromatic N) is 1. The first-order valence-corrected chi connectivity index (χ1v) is 5.06. The Balaban J connectivity index is 2.43. The van der Waals surface area contributed by atoms with Crippen LogP contribution in [0.25, 0.3) is 0 Å². The second kappa shape index (κ2) is 6.04. The number of benzene rings is 1. The third-order valence-electron chi connectivity index (χ3n) is 2.06. The van der Waals surface area contributed by atoms with Crippen LogP contribution < -0.4 is 5.32 Å². The van der Waals surface area contributed by atoms with E-state index in [4.69, 9.17) is 5.26 Å². The molecule has 0 heterocycles. The number of nitriles is 1. The van der Waals surface area contributed by atoms with Crippen LogP contribution in [0.4, 0.5) is 5.69 Å². The van der Waals surface area contributed by atoms with E-state index < -0.39 is 0 Å². The van der Waals surface area contributed by atoms with Gasteiger partial charge in [0.15, 0.2) is 0 Å². The van der Waals surface area contributed by atoms with Crippen molar-refractivity contribution < 1.29 is 0 Å². The fourth-order valence-electron chi connectivity index (χ4n) is 1.34. The van der Waals surface area contributed by atoms with Crippen molar-refractivity contribution in [2.75, 3.05) is 11.9 Å². The zero-order valence-electron chi connectivity index (χ0n) is 8.59. The minimum atomic E-state index is 0.552. The van der Waals surface area contributed by atoms with Gasteiger partial charge in [-0.2, -0.15) is 5.26 Å². The van der Waals surface area contributed by atoms with E-state index in [9.17, 15) is 0 Å². The second-order valence-electron chi connectivity index (χ2n) is 3.28. The number of hydrogen-bond donors (Lipinski definition) is 1. The molecule has 1 N–H and O–H groups in total. The van der Waals surface area contributed by atoms with E-state index >= 15 is 0 Å². The monoisotopic (exact) mass is 188 g/mol. The van der Waals surface area contributed by atoms with Crippen molar-refractivity contribution in [1.82, 2.24) is 0 Å². The van der Waals surface area contributed by atoms with E-state index in [0.29, 0.717) is 6.42 Å². The fraction of sp³-hybridized carbons (Fsp3) is 0.417. The summed E-state index contributed by atoms with van der Waals surface area (Å²) in [7, 11) is 0. The summed E-state index contributed by atoms with van der Waals surface area (Å²) in [6.07, 6.45) is 2.87. The third kappa shape index (κ3) is 3.49. The molecule has 0 spiro atoms. The molecule has 0 unspecified atom stereocenters. The van der Waals surface area contributed by atoms with E-state index in [2.05, 4.69) is 42.6 Å². The molecule has 0 aliphatic rings. The van der Waals surface area contributed by atoms with Crippen LogP contribution in [0.15, 0.2) is 24.3 Å². The van der Waals surface area contributed by atoms with Gasteiger partial charge in [-0.05, 0) is 24.1 Å². The largest absolute Gasteiger partial charge is 0.384 e. The lowest BCUT2D eigenvalue weighted by atomic mass is 10.1. The summed E-state index contributed by atoms with van der Waals surface area (Å²) in [5.41, 5.74) is 2.47. The maximum absolute atomic E-state index is 8.37. The first-order chi connectivity index (χ1) is 6.86. The predicted octanol–water partition coefficient (Wildman–Crippen LogP) is 2.96. The lowest BCUT2D eigenvalue weighted by Gasteiger charge is -2.04. The highest BCUT2D eigenvalue weighted by Crippen LogP contribution is 2.10. The molecule has 1 aromatic carbocycles. The molecular formula is C12H16N2. The topological polar surface area (TPSA) is 35.8 Å². The number of hydrogen-bond acceptors (Lipinski definition) is 2. The van der Waals surface area contributed by atoms with E-state index in [1.807, 2.05) is 0 Å². The van der Waals surface area contributed by atoms with Crippen molar-refractivity contribution in [3.8, 4) is 6.07 Å². The maximum Gasteiger partial charge on any atom is 0.0640 e. The van der Waals surface area contributed by atoms with Crippen LogP contribution in [0.3, 0.4) is 0 Å². The van der Waals surface area contributed by atoms with Gasteiger partial charge in [-0.1, -0.05) is 25.5 Å². The normalized spacial score (nSPS) is 9.43. The van der Waals surface area contributed by atoms with Crippen LogP contribution in [0, 0.1) is 11.3 Å². The smallest absolute Gasteiger partial charge is 0.0640 e. The van der Waals surface area contributed by atoms with Crippen LogP contribution in [-0.4, -0.2) is 6.54 Å². The molecule has 0 radical (unpaired) electrons. The van der Waals surface area contributed by atoms with Gasteiger partial charge in [-0.3, -0.25) is 0 Å². The molecule has 0 bridgehead atoms. The minimum Gasteiger partial charge on any atom is -0.384 e. The summed E-state index contributed by atoms with van der Waals surface area (Å²) >= 11 is 0. The summed E-state index contributed by atoms with van der Waals surface area (Å²) in [5, 5.41) is 11.6. The van der Waals surface area contributed by atoms with Crippen LogP contribution in [0.1, 0.15) is 25.3 Å². The fourth-order valence-corrected chi connectivity index (χ4v) is 1.34. The van der Waals surface area contributed by atoms with Gasteiger partial charge in [0.05, 0.1) is 12.5 Å². The van der Waals surface area contributed by atoms with Crippen molar-refractivity contribution in [3.05, 3.63) is 29.8 Å². The van der Waals surface area contributed by atoms with E-state index in [0.717, 1.165) is 18.7 Å². The summed E-state index contributed by atoms with van der Waals surface area (Å²) in [5.74, 6) is 0. The van der Waals surface area contributed by atoms with Gasteiger partial charge in [-0.15, -0.1) is 0 Å². The molecule has 0 saturated heterocycles. The zero-order valence-corrected chi connectivity index (χ0v) is 8.59. The molecular weight excluding hydrogens is 172 g/mol. The molecule has 0 aromatic heterocycles. The summed E-state index contributed by atoms with van der Waals surface area (Å²) < 4.78 is 0. The van der Waals surface area contributed by atoms with E-state index in [1.54, 1.807) is 0 Å². The van der Waals surface area contributed by atoms with Crippen molar-refractivity contribution >= 4 is 5.69 Å². The second-order valence-corrected chi connectivity index (χ2v) is 3.28. The van der Waals surface area contributed by atoms with Crippen molar-refractivity contribution in [2.45, 2.75) is 26.2 Å². The Morgan fingerprint density at radius 2 is 2.00 bits per heavy atom. The van der Waals surface area contributed by atoms with Crippen molar-refractivity contribution in [1.29, 1.82) is 5.26 Å². The standard InChI is InChI=1S/C12H16N2/c1-2-4-11-5-7-12(8-6-11)14-10-3-9-13/h5-8,14H,2-4,10H2,1H3. The Labute approximate surface area is 85.6 Å². The number of anilines is 1. The van der Waals surface area contributed by atoms with Gasteiger partial charge in [0.1, 0.15) is 0 Å². The third-order valence-corrected chi connectivity index (χ3v) is 2.06. The van der Waals surface area contributed by atoms with Crippen LogP contribution in [0.5, 0.6) is 0 Å². The van der Waals surface area contributed by atoms with E-state index in [-0.39, 0.29) is 0 Å². The van der Waals surface area contributed by atoms with Crippen molar-refractivity contribution in [3.63, 3.8) is 0 Å². The average molecular weight is 188 g/mol. The van der Waals surface area contributed by atoms with Crippen LogP contribution in [-0.2, 0) is 6.42 Å². The average Bonchev–Trinajstić information content (AvgIpc) is 2.21. The molecule has 2 heteroatoms. The molecule has 0 fully saturated rings. The first-order valence-electron chi connectivity index (χ1n) is 5.06. The maximum atomic E-state index is 8.37. The Morgan fingerprint density at radius 1 is 1.29 bits per heavy atom. The predicted molar refractivity (Wildman–Crippen MR) is 59.2 cm³/mol. The van der Waals surface area contributed by atoms with Gasteiger partial charge < -0.3 is 5.32 Å². The zero-order chi connectivity index (χ0) is 10.2.